The van der Waals surface area contributed by atoms with Gasteiger partial charge in [-0.1, -0.05) is 152 Å². The molecule has 0 radical (unpaired) electrons. The van der Waals surface area contributed by atoms with Crippen LogP contribution < -0.4 is 9.80 Å². The lowest BCUT2D eigenvalue weighted by Crippen LogP contribution is -2.26. The second-order valence-corrected chi connectivity index (χ2v) is 16.4. The molecule has 0 saturated heterocycles. The maximum Gasteiger partial charge on any atom is 0.140 e. The average molecular weight is 791 g/mol. The first-order chi connectivity index (χ1) is 30.8. The Bertz CT molecular complexity index is 3550. The monoisotopic (exact) mass is 790 g/mol. The first kappa shape index (κ1) is 34.7. The van der Waals surface area contributed by atoms with Crippen LogP contribution in [0.2, 0.25) is 0 Å². The van der Waals surface area contributed by atoms with Crippen molar-refractivity contribution in [3.05, 3.63) is 253 Å². The second-order valence-electron chi connectivity index (χ2n) is 16.4. The number of nitrogens with zero attached hydrogens (tertiary/aromatic N) is 2. The molecule has 1 atom stereocenters. The maximum absolute atomic E-state index is 7.01. The molecule has 1 aromatic heterocycles. The predicted octanol–water partition coefficient (Wildman–Crippen LogP) is 16.0. The van der Waals surface area contributed by atoms with Crippen LogP contribution in [0.5, 0.6) is 0 Å². The molecule has 0 fully saturated rings. The Kier molecular flexibility index (Phi) is 7.52. The molecule has 0 N–H and O–H groups in total. The first-order valence-electron chi connectivity index (χ1n) is 21.3. The number of rotatable bonds is 6. The smallest absolute Gasteiger partial charge is 0.140 e. The fraction of sp³-hybridized carbons (Fsp3) is 0.0169. The largest absolute Gasteiger partial charge is 0.456 e. The number of benzene rings is 10. The van der Waals surface area contributed by atoms with E-state index in [2.05, 4.69) is 240 Å². The highest BCUT2D eigenvalue weighted by atomic mass is 16.3. The van der Waals surface area contributed by atoms with Crippen LogP contribution in [0.4, 0.5) is 34.1 Å². The summed E-state index contributed by atoms with van der Waals surface area (Å²) in [5.74, 6) is 0.937. The van der Waals surface area contributed by atoms with Gasteiger partial charge in [-0.2, -0.15) is 0 Å². The van der Waals surface area contributed by atoms with E-state index < -0.39 is 5.41 Å². The Morgan fingerprint density at radius 2 is 0.871 bits per heavy atom. The zero-order valence-electron chi connectivity index (χ0n) is 33.7. The van der Waals surface area contributed by atoms with E-state index in [0.29, 0.717) is 0 Å². The van der Waals surface area contributed by atoms with Crippen LogP contribution in [0.1, 0.15) is 22.3 Å². The van der Waals surface area contributed by atoms with Crippen LogP contribution in [0.3, 0.4) is 0 Å². The van der Waals surface area contributed by atoms with Crippen LogP contribution in [-0.4, -0.2) is 0 Å². The summed E-state index contributed by atoms with van der Waals surface area (Å²) in [5.41, 5.74) is 15.4. The quantitative estimate of drug-likeness (QED) is 0.167. The lowest BCUT2D eigenvalue weighted by atomic mass is 9.70. The van der Waals surface area contributed by atoms with Gasteiger partial charge >= 0.3 is 0 Å². The maximum atomic E-state index is 7.01. The van der Waals surface area contributed by atoms with E-state index in [1.165, 1.54) is 54.9 Å². The molecule has 13 rings (SSSR count). The Morgan fingerprint density at radius 3 is 1.68 bits per heavy atom. The van der Waals surface area contributed by atoms with E-state index >= 15 is 0 Å². The van der Waals surface area contributed by atoms with E-state index in [1.54, 1.807) is 0 Å². The van der Waals surface area contributed by atoms with Crippen molar-refractivity contribution < 1.29 is 4.42 Å². The fourth-order valence-corrected chi connectivity index (χ4v) is 10.6. The molecular formula is C59H38N2O. The minimum absolute atomic E-state index is 0.678. The Labute approximate surface area is 360 Å². The SMILES string of the molecule is c1ccc(N(c2ccc3c(c2)C2(c4ccccc4-3)c3cc(N(c4ccccc4)c4cccc5ccccc45)ccc3-c3oc4ccccc4c32)c2ccc3ccccc3c2)cc1. The second kappa shape index (κ2) is 13.4. The molecule has 0 aliphatic heterocycles. The van der Waals surface area contributed by atoms with Gasteiger partial charge < -0.3 is 14.2 Å². The summed E-state index contributed by atoms with van der Waals surface area (Å²) in [6, 6.07) is 84.0. The van der Waals surface area contributed by atoms with Crippen LogP contribution in [-0.2, 0) is 5.41 Å². The highest BCUT2D eigenvalue weighted by Crippen LogP contribution is 2.66. The molecule has 0 saturated carbocycles. The van der Waals surface area contributed by atoms with E-state index in [4.69, 9.17) is 4.42 Å². The number of para-hydroxylation sites is 3. The Morgan fingerprint density at radius 1 is 0.323 bits per heavy atom. The molecule has 3 nitrogen and oxygen atoms in total. The molecule has 0 bridgehead atoms. The molecule has 3 heteroatoms. The van der Waals surface area contributed by atoms with Crippen molar-refractivity contribution in [2.45, 2.75) is 5.41 Å². The number of anilines is 6. The predicted molar refractivity (Wildman–Crippen MR) is 257 cm³/mol. The van der Waals surface area contributed by atoms with Gasteiger partial charge in [-0.15, -0.1) is 0 Å². The lowest BCUT2D eigenvalue weighted by Gasteiger charge is -2.33. The van der Waals surface area contributed by atoms with Crippen LogP contribution >= 0.6 is 0 Å². The summed E-state index contributed by atoms with van der Waals surface area (Å²) in [6.45, 7) is 0. The molecule has 62 heavy (non-hydrogen) atoms. The van der Waals surface area contributed by atoms with E-state index in [-0.39, 0.29) is 0 Å². The minimum atomic E-state index is -0.678. The number of hydrogen-bond acceptors (Lipinski definition) is 3. The summed E-state index contributed by atoms with van der Waals surface area (Å²) in [7, 11) is 0. The van der Waals surface area contributed by atoms with Crippen molar-refractivity contribution in [1.82, 2.24) is 0 Å². The molecule has 1 spiro atoms. The minimum Gasteiger partial charge on any atom is -0.456 e. The third-order valence-electron chi connectivity index (χ3n) is 13.2. The molecule has 2 aliphatic carbocycles. The van der Waals surface area contributed by atoms with Gasteiger partial charge in [-0.25, -0.2) is 0 Å². The van der Waals surface area contributed by atoms with Crippen molar-refractivity contribution in [3.8, 4) is 22.5 Å². The zero-order chi connectivity index (χ0) is 40.8. The van der Waals surface area contributed by atoms with Gasteiger partial charge in [-0.3, -0.25) is 0 Å². The van der Waals surface area contributed by atoms with E-state index in [9.17, 15) is 0 Å². The van der Waals surface area contributed by atoms with Crippen molar-refractivity contribution in [2.75, 3.05) is 9.80 Å². The zero-order valence-corrected chi connectivity index (χ0v) is 33.7. The molecule has 2 aliphatic rings. The van der Waals surface area contributed by atoms with Gasteiger partial charge in [0.05, 0.1) is 11.1 Å². The summed E-state index contributed by atoms with van der Waals surface area (Å²) < 4.78 is 7.01. The van der Waals surface area contributed by atoms with Gasteiger partial charge in [0.2, 0.25) is 0 Å². The standard InChI is InChI=1S/C59H38N2O/c1-3-20-42(21-4-1)60(44-31-30-39-16-7-8-18-41(39)36-44)45-32-34-49-48-25-11-13-27-52(48)59(53(49)37-45)54-38-46(33-35-50(54)58-57(59)51-26-12-14-29-56(51)62-58)61(43-22-5-2-6-23-43)55-28-15-19-40-17-9-10-24-47(40)55/h1-38H. The Balaban J connectivity index is 1.11. The summed E-state index contributed by atoms with van der Waals surface area (Å²) >= 11 is 0. The van der Waals surface area contributed by atoms with Crippen LogP contribution in [0.25, 0.3) is 55.0 Å². The first-order valence-corrected chi connectivity index (χ1v) is 21.3. The molecular weight excluding hydrogens is 753 g/mol. The van der Waals surface area contributed by atoms with Gasteiger partial charge in [-0.05, 0) is 123 Å². The lowest BCUT2D eigenvalue weighted by molar-refractivity contribution is 0.628. The molecule has 0 amide bonds. The highest BCUT2D eigenvalue weighted by Gasteiger charge is 2.55. The normalized spacial score (nSPS) is 14.5. The number of furan rings is 1. The van der Waals surface area contributed by atoms with Crippen molar-refractivity contribution in [1.29, 1.82) is 0 Å². The summed E-state index contributed by atoms with van der Waals surface area (Å²) in [4.78, 5) is 4.82. The third-order valence-corrected chi connectivity index (χ3v) is 13.2. The van der Waals surface area contributed by atoms with Crippen LogP contribution in [0, 0.1) is 0 Å². The molecule has 290 valence electrons. The molecule has 1 heterocycles. The van der Waals surface area contributed by atoms with E-state index in [1.807, 2.05) is 0 Å². The molecule has 1 unspecified atom stereocenters. The van der Waals surface area contributed by atoms with Crippen molar-refractivity contribution in [3.63, 3.8) is 0 Å². The average Bonchev–Trinajstić information content (AvgIpc) is 3.96. The van der Waals surface area contributed by atoms with Crippen molar-refractivity contribution >= 4 is 66.6 Å². The molecule has 10 aromatic carbocycles. The van der Waals surface area contributed by atoms with Gasteiger partial charge in [0.25, 0.3) is 0 Å². The number of hydrogen-bond donors (Lipinski definition) is 0. The molecule has 11 aromatic rings. The third kappa shape index (κ3) is 4.94. The van der Waals surface area contributed by atoms with Gasteiger partial charge in [0.15, 0.2) is 0 Å². The Hall–Kier alpha value is -8.14. The summed E-state index contributed by atoms with van der Waals surface area (Å²) in [6.07, 6.45) is 0. The van der Waals surface area contributed by atoms with Gasteiger partial charge in [0, 0.05) is 50.3 Å². The highest BCUT2D eigenvalue weighted by molar-refractivity contribution is 6.04. The topological polar surface area (TPSA) is 19.6 Å². The number of fused-ring (bicyclic) bond motifs is 14. The van der Waals surface area contributed by atoms with Crippen molar-refractivity contribution in [2.24, 2.45) is 0 Å². The van der Waals surface area contributed by atoms with E-state index in [0.717, 1.165) is 56.4 Å². The van der Waals surface area contributed by atoms with Crippen LogP contribution in [0.15, 0.2) is 235 Å². The summed E-state index contributed by atoms with van der Waals surface area (Å²) in [5, 5.41) is 5.96. The fourth-order valence-electron chi connectivity index (χ4n) is 10.6. The van der Waals surface area contributed by atoms with Gasteiger partial charge in [0.1, 0.15) is 11.3 Å².